The summed E-state index contributed by atoms with van der Waals surface area (Å²) in [5.41, 5.74) is 0.627. The molecule has 0 atom stereocenters. The molecule has 1 N–H and O–H groups in total. The van der Waals surface area contributed by atoms with Gasteiger partial charge in [0.2, 0.25) is 5.91 Å². The van der Waals surface area contributed by atoms with Crippen molar-refractivity contribution >= 4 is 34.9 Å². The second kappa shape index (κ2) is 7.82. The number of hydrogen-bond acceptors (Lipinski definition) is 6. The van der Waals surface area contributed by atoms with Crippen LogP contribution in [-0.4, -0.2) is 58.2 Å². The summed E-state index contributed by atoms with van der Waals surface area (Å²) in [5.74, 6) is -0.356. The van der Waals surface area contributed by atoms with Gasteiger partial charge in [-0.1, -0.05) is 6.07 Å². The third kappa shape index (κ3) is 3.85. The minimum absolute atomic E-state index is 0.00770. The molecule has 2 saturated heterocycles. The summed E-state index contributed by atoms with van der Waals surface area (Å²) in [6, 6.07) is 4.70. The van der Waals surface area contributed by atoms with E-state index in [4.69, 9.17) is 4.74 Å². The van der Waals surface area contributed by atoms with Gasteiger partial charge in [-0.3, -0.25) is 19.3 Å². The van der Waals surface area contributed by atoms with Crippen molar-refractivity contribution in [3.05, 3.63) is 28.7 Å². The Morgan fingerprint density at radius 2 is 2.04 bits per heavy atom. The fourth-order valence-corrected chi connectivity index (χ4v) is 3.72. The molecule has 1 aromatic rings. The molecular formula is C18H20N2O5S. The SMILES string of the molecule is CCOc1cc(/C=C2\SC(=O)N(CC(=O)N3CCCC3)C2=O)ccc1O. The van der Waals surface area contributed by atoms with Crippen molar-refractivity contribution < 1.29 is 24.2 Å². The molecule has 3 amide bonds. The zero-order chi connectivity index (χ0) is 18.7. The maximum atomic E-state index is 12.5. The first-order valence-electron chi connectivity index (χ1n) is 8.48. The van der Waals surface area contributed by atoms with Gasteiger partial charge in [-0.05, 0) is 55.3 Å². The van der Waals surface area contributed by atoms with Crippen molar-refractivity contribution in [1.29, 1.82) is 0 Å². The first kappa shape index (κ1) is 18.3. The van der Waals surface area contributed by atoms with Crippen LogP contribution in [-0.2, 0) is 9.59 Å². The number of thioether (sulfide) groups is 1. The normalized spacial score (nSPS) is 18.9. The molecule has 2 aliphatic rings. The molecule has 2 fully saturated rings. The van der Waals surface area contributed by atoms with Crippen LogP contribution in [0.3, 0.4) is 0 Å². The monoisotopic (exact) mass is 376 g/mol. The topological polar surface area (TPSA) is 87.2 Å². The lowest BCUT2D eigenvalue weighted by atomic mass is 10.2. The van der Waals surface area contributed by atoms with E-state index in [1.807, 2.05) is 0 Å². The number of phenolic OH excluding ortho intramolecular Hbond substituents is 1. The minimum Gasteiger partial charge on any atom is -0.504 e. The van der Waals surface area contributed by atoms with Crippen LogP contribution in [0.15, 0.2) is 23.1 Å². The number of likely N-dealkylation sites (tertiary alicyclic amines) is 1. The van der Waals surface area contributed by atoms with E-state index in [1.165, 1.54) is 6.07 Å². The highest BCUT2D eigenvalue weighted by Crippen LogP contribution is 2.34. The molecule has 0 bridgehead atoms. The van der Waals surface area contributed by atoms with Crippen LogP contribution in [0.2, 0.25) is 0 Å². The van der Waals surface area contributed by atoms with Gasteiger partial charge in [-0.25, -0.2) is 0 Å². The van der Waals surface area contributed by atoms with Crippen LogP contribution in [0.1, 0.15) is 25.3 Å². The van der Waals surface area contributed by atoms with E-state index in [-0.39, 0.29) is 23.1 Å². The van der Waals surface area contributed by atoms with Crippen molar-refractivity contribution in [1.82, 2.24) is 9.80 Å². The molecule has 0 spiro atoms. The predicted molar refractivity (Wildman–Crippen MR) is 97.8 cm³/mol. The van der Waals surface area contributed by atoms with E-state index in [2.05, 4.69) is 0 Å². The molecule has 26 heavy (non-hydrogen) atoms. The summed E-state index contributed by atoms with van der Waals surface area (Å²) in [5, 5.41) is 9.30. The smallest absolute Gasteiger partial charge is 0.294 e. The Balaban J connectivity index is 1.74. The van der Waals surface area contributed by atoms with Crippen LogP contribution >= 0.6 is 11.8 Å². The van der Waals surface area contributed by atoms with E-state index in [0.29, 0.717) is 31.0 Å². The van der Waals surface area contributed by atoms with Crippen LogP contribution in [0.4, 0.5) is 4.79 Å². The van der Waals surface area contributed by atoms with Crippen LogP contribution < -0.4 is 4.74 Å². The van der Waals surface area contributed by atoms with Gasteiger partial charge in [0.1, 0.15) is 6.54 Å². The highest BCUT2D eigenvalue weighted by atomic mass is 32.2. The molecule has 0 saturated carbocycles. The number of amides is 3. The maximum Gasteiger partial charge on any atom is 0.294 e. The maximum absolute atomic E-state index is 12.5. The Labute approximate surface area is 155 Å². The molecule has 1 aromatic carbocycles. The number of hydrogen-bond donors (Lipinski definition) is 1. The quantitative estimate of drug-likeness (QED) is 0.795. The van der Waals surface area contributed by atoms with Crippen molar-refractivity contribution in [2.24, 2.45) is 0 Å². The molecule has 0 unspecified atom stereocenters. The standard InChI is InChI=1S/C18H20N2O5S/c1-2-25-14-9-12(5-6-13(14)21)10-15-17(23)20(18(24)26-15)11-16(22)19-7-3-4-8-19/h5-6,9-10,21H,2-4,7-8,11H2,1H3/b15-10-. The summed E-state index contributed by atoms with van der Waals surface area (Å²) in [7, 11) is 0. The summed E-state index contributed by atoms with van der Waals surface area (Å²) in [6.07, 6.45) is 3.47. The van der Waals surface area contributed by atoms with Gasteiger partial charge in [0.25, 0.3) is 11.1 Å². The Bertz CT molecular complexity index is 771. The lowest BCUT2D eigenvalue weighted by molar-refractivity contribution is -0.135. The summed E-state index contributed by atoms with van der Waals surface area (Å²) in [6.45, 7) is 3.33. The van der Waals surface area contributed by atoms with Gasteiger partial charge in [-0.15, -0.1) is 0 Å². The van der Waals surface area contributed by atoms with E-state index in [9.17, 15) is 19.5 Å². The Kier molecular flexibility index (Phi) is 5.51. The highest BCUT2D eigenvalue weighted by molar-refractivity contribution is 8.18. The van der Waals surface area contributed by atoms with Crippen molar-refractivity contribution in [3.63, 3.8) is 0 Å². The Morgan fingerprint density at radius 1 is 1.31 bits per heavy atom. The van der Waals surface area contributed by atoms with Crippen LogP contribution in [0, 0.1) is 0 Å². The van der Waals surface area contributed by atoms with E-state index >= 15 is 0 Å². The molecule has 8 heteroatoms. The van der Waals surface area contributed by atoms with Crippen molar-refractivity contribution in [3.8, 4) is 11.5 Å². The van der Waals surface area contributed by atoms with Crippen molar-refractivity contribution in [2.45, 2.75) is 19.8 Å². The van der Waals surface area contributed by atoms with E-state index < -0.39 is 11.1 Å². The first-order valence-corrected chi connectivity index (χ1v) is 9.30. The molecule has 0 aliphatic carbocycles. The number of imide groups is 1. The molecule has 138 valence electrons. The van der Waals surface area contributed by atoms with E-state index in [1.54, 1.807) is 30.0 Å². The summed E-state index contributed by atoms with van der Waals surface area (Å²) >= 11 is 0.809. The molecular weight excluding hydrogens is 356 g/mol. The third-order valence-electron chi connectivity index (χ3n) is 4.21. The molecule has 3 rings (SSSR count). The molecule has 2 heterocycles. The molecule has 0 radical (unpaired) electrons. The minimum atomic E-state index is -0.474. The van der Waals surface area contributed by atoms with Gasteiger partial charge in [0.15, 0.2) is 11.5 Å². The number of phenols is 1. The highest BCUT2D eigenvalue weighted by Gasteiger charge is 2.37. The van der Waals surface area contributed by atoms with Gasteiger partial charge in [-0.2, -0.15) is 0 Å². The number of ether oxygens (including phenoxy) is 1. The lowest BCUT2D eigenvalue weighted by Gasteiger charge is -2.18. The zero-order valence-electron chi connectivity index (χ0n) is 14.4. The Morgan fingerprint density at radius 3 is 2.73 bits per heavy atom. The fraction of sp³-hybridized carbons (Fsp3) is 0.389. The number of nitrogens with zero attached hydrogens (tertiary/aromatic N) is 2. The first-order chi connectivity index (χ1) is 12.5. The van der Waals surface area contributed by atoms with Crippen LogP contribution in [0.5, 0.6) is 11.5 Å². The van der Waals surface area contributed by atoms with Gasteiger partial charge in [0, 0.05) is 13.1 Å². The van der Waals surface area contributed by atoms with Gasteiger partial charge >= 0.3 is 0 Å². The zero-order valence-corrected chi connectivity index (χ0v) is 15.3. The molecule has 7 nitrogen and oxygen atoms in total. The third-order valence-corrected chi connectivity index (χ3v) is 5.11. The average molecular weight is 376 g/mol. The fourth-order valence-electron chi connectivity index (χ4n) is 2.88. The molecule has 0 aromatic heterocycles. The van der Waals surface area contributed by atoms with E-state index in [0.717, 1.165) is 29.5 Å². The number of carbonyl (C=O) groups excluding carboxylic acids is 3. The number of rotatable bonds is 5. The summed E-state index contributed by atoms with van der Waals surface area (Å²) in [4.78, 5) is 39.8. The van der Waals surface area contributed by atoms with Crippen molar-refractivity contribution in [2.75, 3.05) is 26.2 Å². The average Bonchev–Trinajstić information content (AvgIpc) is 3.23. The number of benzene rings is 1. The lowest BCUT2D eigenvalue weighted by Crippen LogP contribution is -2.40. The molecule has 2 aliphatic heterocycles. The summed E-state index contributed by atoms with van der Waals surface area (Å²) < 4.78 is 5.32. The van der Waals surface area contributed by atoms with Gasteiger partial charge in [0.05, 0.1) is 11.5 Å². The largest absolute Gasteiger partial charge is 0.504 e. The number of aromatic hydroxyl groups is 1. The van der Waals surface area contributed by atoms with Gasteiger partial charge < -0.3 is 14.7 Å². The van der Waals surface area contributed by atoms with Crippen LogP contribution in [0.25, 0.3) is 6.08 Å². The number of carbonyl (C=O) groups is 3. The Hall–Kier alpha value is -2.48. The second-order valence-electron chi connectivity index (χ2n) is 6.02. The second-order valence-corrected chi connectivity index (χ2v) is 7.01. The predicted octanol–water partition coefficient (Wildman–Crippen LogP) is 2.45.